The molecule has 0 saturated heterocycles. The summed E-state index contributed by atoms with van der Waals surface area (Å²) in [4.78, 5) is 16.5. The summed E-state index contributed by atoms with van der Waals surface area (Å²) >= 11 is 0.557. The van der Waals surface area contributed by atoms with Crippen molar-refractivity contribution in [1.82, 2.24) is 4.98 Å². The van der Waals surface area contributed by atoms with Crippen LogP contribution in [-0.4, -0.2) is 18.0 Å². The molecule has 0 atom stereocenters. The average Bonchev–Trinajstić information content (AvgIpc) is 3.14. The van der Waals surface area contributed by atoms with Gasteiger partial charge in [0.15, 0.2) is 0 Å². The van der Waals surface area contributed by atoms with Crippen LogP contribution in [-0.2, 0) is 12.4 Å². The average molecular weight is 511 g/mol. The number of carbonyl (C=O) groups is 1. The second kappa shape index (κ2) is 8.77. The van der Waals surface area contributed by atoms with Crippen LogP contribution in [0.3, 0.4) is 0 Å². The lowest BCUT2D eigenvalue weighted by Gasteiger charge is -2.13. The summed E-state index contributed by atoms with van der Waals surface area (Å²) in [6.07, 6.45) is -9.60. The van der Waals surface area contributed by atoms with E-state index in [-0.39, 0.29) is 15.4 Å². The van der Waals surface area contributed by atoms with E-state index in [1.54, 1.807) is 12.1 Å². The van der Waals surface area contributed by atoms with Crippen LogP contribution in [0.2, 0.25) is 0 Å². The molecule has 2 aromatic carbocycles. The smallest absolute Gasteiger partial charge is 0.418 e. The summed E-state index contributed by atoms with van der Waals surface area (Å²) in [5.74, 6) is -0.592. The second-order valence-electron chi connectivity index (χ2n) is 7.30. The largest absolute Gasteiger partial charge is 0.497 e. The highest BCUT2D eigenvalue weighted by Crippen LogP contribution is 2.44. The molecule has 0 aliphatic heterocycles. The summed E-state index contributed by atoms with van der Waals surface area (Å²) in [5, 5.41) is 1.61. The van der Waals surface area contributed by atoms with Gasteiger partial charge in [0.05, 0.1) is 35.3 Å². The lowest BCUT2D eigenvalue weighted by atomic mass is 10.1. The molecule has 12 heteroatoms. The molecule has 0 fully saturated rings. The first kappa shape index (κ1) is 24.3. The SMILES string of the molecule is COc1ccc(-c2cc(C(F)(F)F)c3c(N)c(C(=O)Nc4ccccc4C(F)(F)F)sc3n2)cc1. The highest BCUT2D eigenvalue weighted by Gasteiger charge is 2.37. The van der Waals surface area contributed by atoms with Crippen molar-refractivity contribution >= 4 is 38.8 Å². The Kier molecular flexibility index (Phi) is 6.09. The van der Waals surface area contributed by atoms with Gasteiger partial charge in [0, 0.05) is 10.9 Å². The first-order valence-electron chi connectivity index (χ1n) is 9.82. The van der Waals surface area contributed by atoms with E-state index in [9.17, 15) is 31.1 Å². The molecule has 0 aliphatic rings. The monoisotopic (exact) mass is 511 g/mol. The highest BCUT2D eigenvalue weighted by molar-refractivity contribution is 7.21. The number of ether oxygens (including phenoxy) is 1. The van der Waals surface area contributed by atoms with Crippen LogP contribution in [0.15, 0.2) is 54.6 Å². The van der Waals surface area contributed by atoms with Crippen LogP contribution in [0.1, 0.15) is 20.8 Å². The number of nitrogens with one attached hydrogen (secondary N) is 1. The van der Waals surface area contributed by atoms with Crippen molar-refractivity contribution in [3.63, 3.8) is 0 Å². The van der Waals surface area contributed by atoms with E-state index in [1.165, 1.54) is 25.3 Å². The standard InChI is InChI=1S/C23H15F6N3O2S/c1-34-12-8-6-11(7-9-12)16-10-14(23(27,28)29)17-18(30)19(35-21(17)32-16)20(33)31-15-5-3-2-4-13(15)22(24,25)26/h2-10H,30H2,1H3,(H,31,33). The third-order valence-electron chi connectivity index (χ3n) is 5.08. The van der Waals surface area contributed by atoms with E-state index in [4.69, 9.17) is 10.5 Å². The fourth-order valence-electron chi connectivity index (χ4n) is 3.44. The number of rotatable bonds is 4. The van der Waals surface area contributed by atoms with Crippen molar-refractivity contribution in [1.29, 1.82) is 0 Å². The van der Waals surface area contributed by atoms with E-state index in [1.807, 2.05) is 0 Å². The van der Waals surface area contributed by atoms with Crippen LogP contribution >= 0.6 is 11.3 Å². The first-order chi connectivity index (χ1) is 16.4. The molecular weight excluding hydrogens is 496 g/mol. The lowest BCUT2D eigenvalue weighted by molar-refractivity contribution is -0.137. The molecule has 3 N–H and O–H groups in total. The molecule has 0 spiro atoms. The van der Waals surface area contributed by atoms with Crippen LogP contribution in [0.5, 0.6) is 5.75 Å². The number of aromatic nitrogens is 1. The van der Waals surface area contributed by atoms with Gasteiger partial charge in [-0.1, -0.05) is 12.1 Å². The second-order valence-corrected chi connectivity index (χ2v) is 8.30. The number of hydrogen-bond donors (Lipinski definition) is 2. The fraction of sp³-hybridized carbons (Fsp3) is 0.130. The third-order valence-corrected chi connectivity index (χ3v) is 6.18. The number of benzene rings is 2. The number of pyridine rings is 1. The Hall–Kier alpha value is -3.80. The van der Waals surface area contributed by atoms with Gasteiger partial charge >= 0.3 is 12.4 Å². The Bertz CT molecular complexity index is 1410. The molecule has 182 valence electrons. The molecule has 35 heavy (non-hydrogen) atoms. The zero-order valence-electron chi connectivity index (χ0n) is 17.7. The molecular formula is C23H15F6N3O2S. The number of fused-ring (bicyclic) bond motifs is 1. The summed E-state index contributed by atoms with van der Waals surface area (Å²) in [7, 11) is 1.44. The molecule has 0 saturated carbocycles. The number of nitrogens with zero attached hydrogens (tertiary/aromatic N) is 1. The number of anilines is 2. The van der Waals surface area contributed by atoms with Crippen molar-refractivity contribution in [3.8, 4) is 17.0 Å². The van der Waals surface area contributed by atoms with Crippen molar-refractivity contribution < 1.29 is 35.9 Å². The number of nitrogen functional groups attached to an aromatic ring is 1. The topological polar surface area (TPSA) is 77.2 Å². The number of thiophene rings is 1. The van der Waals surface area contributed by atoms with E-state index in [2.05, 4.69) is 10.3 Å². The summed E-state index contributed by atoms with van der Waals surface area (Å²) < 4.78 is 86.6. The van der Waals surface area contributed by atoms with Crippen LogP contribution in [0, 0.1) is 0 Å². The van der Waals surface area contributed by atoms with Gasteiger partial charge in [-0.2, -0.15) is 26.3 Å². The number of methoxy groups -OCH3 is 1. The molecule has 1 amide bonds. The van der Waals surface area contributed by atoms with Crippen LogP contribution < -0.4 is 15.8 Å². The van der Waals surface area contributed by atoms with Gasteiger partial charge in [0.2, 0.25) is 0 Å². The molecule has 4 rings (SSSR count). The number of carbonyl (C=O) groups excluding carboxylic acids is 1. The summed E-state index contributed by atoms with van der Waals surface area (Å²) in [6.45, 7) is 0. The zero-order chi connectivity index (χ0) is 25.5. The predicted molar refractivity (Wildman–Crippen MR) is 120 cm³/mol. The molecule has 2 heterocycles. The Morgan fingerprint density at radius 1 is 0.971 bits per heavy atom. The molecule has 0 bridgehead atoms. The maximum atomic E-state index is 13.9. The Morgan fingerprint density at radius 2 is 1.60 bits per heavy atom. The molecule has 5 nitrogen and oxygen atoms in total. The van der Waals surface area contributed by atoms with E-state index >= 15 is 0 Å². The number of nitrogens with two attached hydrogens (primary N) is 1. The minimum atomic E-state index is -4.84. The first-order valence-corrected chi connectivity index (χ1v) is 10.6. The fourth-order valence-corrected chi connectivity index (χ4v) is 4.46. The highest BCUT2D eigenvalue weighted by atomic mass is 32.1. The van der Waals surface area contributed by atoms with Gasteiger partial charge in [-0.05, 0) is 42.5 Å². The normalized spacial score (nSPS) is 12.1. The van der Waals surface area contributed by atoms with E-state index in [0.29, 0.717) is 22.6 Å². The Balaban J connectivity index is 1.82. The predicted octanol–water partition coefficient (Wildman–Crippen LogP) is 6.84. The molecule has 0 unspecified atom stereocenters. The van der Waals surface area contributed by atoms with Crippen molar-refractivity contribution in [3.05, 3.63) is 70.6 Å². The van der Waals surface area contributed by atoms with E-state index in [0.717, 1.165) is 24.3 Å². The maximum absolute atomic E-state index is 13.9. The summed E-state index contributed by atoms with van der Waals surface area (Å²) in [6, 6.07) is 11.2. The van der Waals surface area contributed by atoms with Gasteiger partial charge in [-0.3, -0.25) is 4.79 Å². The molecule has 0 aliphatic carbocycles. The number of para-hydroxylation sites is 1. The molecule has 0 radical (unpaired) electrons. The molecule has 4 aromatic rings. The Labute approximate surface area is 198 Å². The third kappa shape index (κ3) is 4.74. The van der Waals surface area contributed by atoms with Gasteiger partial charge < -0.3 is 15.8 Å². The minimum absolute atomic E-state index is 0.0249. The number of amides is 1. The van der Waals surface area contributed by atoms with Gasteiger partial charge in [-0.25, -0.2) is 4.98 Å². The van der Waals surface area contributed by atoms with E-state index < -0.39 is 46.1 Å². The van der Waals surface area contributed by atoms with Gasteiger partial charge in [-0.15, -0.1) is 11.3 Å². The molecule has 2 aromatic heterocycles. The number of alkyl halides is 6. The number of halogens is 6. The lowest BCUT2D eigenvalue weighted by Crippen LogP contribution is -2.16. The van der Waals surface area contributed by atoms with Crippen molar-refractivity contribution in [2.24, 2.45) is 0 Å². The summed E-state index contributed by atoms with van der Waals surface area (Å²) in [5.41, 5.74) is 2.95. The van der Waals surface area contributed by atoms with Gasteiger partial charge in [0.25, 0.3) is 5.91 Å². The number of hydrogen-bond acceptors (Lipinski definition) is 5. The minimum Gasteiger partial charge on any atom is -0.497 e. The van der Waals surface area contributed by atoms with Crippen LogP contribution in [0.25, 0.3) is 21.5 Å². The maximum Gasteiger partial charge on any atom is 0.418 e. The quantitative estimate of drug-likeness (QED) is 0.294. The van der Waals surface area contributed by atoms with Gasteiger partial charge in [0.1, 0.15) is 15.5 Å². The van der Waals surface area contributed by atoms with Crippen molar-refractivity contribution in [2.75, 3.05) is 18.2 Å². The van der Waals surface area contributed by atoms with Crippen LogP contribution in [0.4, 0.5) is 37.7 Å². The zero-order valence-corrected chi connectivity index (χ0v) is 18.5. The Morgan fingerprint density at radius 3 is 2.20 bits per heavy atom. The van der Waals surface area contributed by atoms with Crippen molar-refractivity contribution in [2.45, 2.75) is 12.4 Å².